The van der Waals surface area contributed by atoms with E-state index in [-0.39, 0.29) is 25.7 Å². The summed E-state index contributed by atoms with van der Waals surface area (Å²) in [4.78, 5) is 0. The zero-order valence-electron chi connectivity index (χ0n) is 68.4. The van der Waals surface area contributed by atoms with E-state index in [1.54, 1.807) is 0 Å². The minimum Gasteiger partial charge on any atom is -0.399 e. The SMILES string of the molecule is C.CC1(C)OB(c2ccc3ccc4cccc5ccc2c3c45)OC1(C)C.N#Cc1c(-c2ccc3ccc4cccc5ccc2c3c45)c(-c2ccc3ccc4cccc5ccc2c3c45)c(-c2ccc3ccc4cccc5ccc2c3c45)c(-c2ccc3ccc4cccc5ccc2c3c45)c1-c1ccc2ccc3cccc4ccc1c2c34.N#Cc1c(Br)c(Br)c(Br)c(Br)c1Br. The van der Waals surface area contributed by atoms with Crippen molar-refractivity contribution < 1.29 is 9.31 Å². The van der Waals surface area contributed by atoms with Crippen LogP contribution in [0.2, 0.25) is 0 Å². The largest absolute Gasteiger partial charge is 0.495 e. The summed E-state index contributed by atoms with van der Waals surface area (Å²) in [6.45, 7) is 8.40. The van der Waals surface area contributed by atoms with E-state index in [9.17, 15) is 5.26 Å². The first-order valence-corrected chi connectivity index (χ1v) is 46.4. The Hall–Kier alpha value is -12.7. The van der Waals surface area contributed by atoms with E-state index in [2.05, 4.69) is 447 Å². The van der Waals surface area contributed by atoms with Crippen LogP contribution in [0, 0.1) is 22.7 Å². The zero-order chi connectivity index (χ0) is 84.8. The van der Waals surface area contributed by atoms with Crippen molar-refractivity contribution >= 4 is 286 Å². The molecule has 10 heteroatoms. The van der Waals surface area contributed by atoms with Gasteiger partial charge in [0.15, 0.2) is 0 Å². The lowest BCUT2D eigenvalue weighted by Gasteiger charge is -2.32. The van der Waals surface area contributed by atoms with Crippen LogP contribution >= 0.6 is 79.6 Å². The van der Waals surface area contributed by atoms with Gasteiger partial charge in [-0.3, -0.25) is 0 Å². The maximum atomic E-state index is 13.2. The average molecular weight is 1950 g/mol. The van der Waals surface area contributed by atoms with Crippen molar-refractivity contribution in [1.29, 1.82) is 10.5 Å². The Morgan fingerprint density at radius 2 is 0.394 bits per heavy atom. The summed E-state index contributed by atoms with van der Waals surface area (Å²) in [6.07, 6.45) is 0. The van der Waals surface area contributed by atoms with Gasteiger partial charge in [0.25, 0.3) is 0 Å². The van der Waals surface area contributed by atoms with E-state index in [1.807, 2.05) is 0 Å². The van der Waals surface area contributed by atoms with Crippen molar-refractivity contribution in [2.45, 2.75) is 46.3 Å². The number of halogens is 5. The van der Waals surface area contributed by atoms with E-state index in [1.165, 1.54) is 172 Å². The molecule has 0 N–H and O–H groups in total. The molecule has 0 atom stereocenters. The highest BCUT2D eigenvalue weighted by molar-refractivity contribution is 9.15. The van der Waals surface area contributed by atoms with Crippen LogP contribution in [0.3, 0.4) is 0 Å². The summed E-state index contributed by atoms with van der Waals surface area (Å²) in [6, 6.07) is 128. The Labute approximate surface area is 774 Å². The monoisotopic (exact) mass is 1940 g/mol. The smallest absolute Gasteiger partial charge is 0.399 e. The van der Waals surface area contributed by atoms with Gasteiger partial charge in [-0.05, 0) is 351 Å². The lowest BCUT2D eigenvalue weighted by molar-refractivity contribution is 0.00578. The van der Waals surface area contributed by atoms with Crippen molar-refractivity contribution in [3.8, 4) is 67.8 Å². The molecular formula is C117H70BBr5N2O2. The molecular weight excluding hydrogens is 1880 g/mol. The lowest BCUT2D eigenvalue weighted by Crippen LogP contribution is -2.41. The normalized spacial score (nSPS) is 13.5. The fraction of sp³-hybridized carbons (Fsp3) is 0.0598. The molecule has 0 aromatic heterocycles. The minimum absolute atomic E-state index is 0. The molecule has 27 rings (SSSR count). The summed E-state index contributed by atoms with van der Waals surface area (Å²) < 4.78 is 16.6. The molecule has 0 aliphatic carbocycles. The van der Waals surface area contributed by atoms with E-state index < -0.39 is 0 Å². The van der Waals surface area contributed by atoms with E-state index in [0.29, 0.717) is 11.1 Å². The lowest BCUT2D eigenvalue weighted by atomic mass is 9.72. The van der Waals surface area contributed by atoms with Gasteiger partial charge in [0.1, 0.15) is 12.1 Å². The fourth-order valence-electron chi connectivity index (χ4n) is 21.6. The van der Waals surface area contributed by atoms with Gasteiger partial charge in [-0.15, -0.1) is 0 Å². The third-order valence-electron chi connectivity index (χ3n) is 28.0. The number of hydrogen-bond acceptors (Lipinski definition) is 4. The predicted octanol–water partition coefficient (Wildman–Crippen LogP) is 35.3. The number of nitrogens with zero attached hydrogens (tertiary/aromatic N) is 2. The molecule has 0 saturated carbocycles. The highest BCUT2D eigenvalue weighted by Crippen LogP contribution is 2.60. The molecule has 0 radical (unpaired) electrons. The van der Waals surface area contributed by atoms with Crippen LogP contribution in [0.1, 0.15) is 46.2 Å². The van der Waals surface area contributed by atoms with Crippen LogP contribution < -0.4 is 5.46 Å². The van der Waals surface area contributed by atoms with Crippen molar-refractivity contribution in [3.05, 3.63) is 361 Å². The summed E-state index contributed by atoms with van der Waals surface area (Å²) in [5.41, 5.74) is 12.1. The summed E-state index contributed by atoms with van der Waals surface area (Å²) >= 11 is 16.8. The first-order chi connectivity index (χ1) is 61.5. The van der Waals surface area contributed by atoms with Crippen LogP contribution in [0.4, 0.5) is 0 Å². The Morgan fingerprint density at radius 1 is 0.213 bits per heavy atom. The van der Waals surface area contributed by atoms with Crippen molar-refractivity contribution in [3.63, 3.8) is 0 Å². The average Bonchev–Trinajstić information content (AvgIpc) is 1.03. The van der Waals surface area contributed by atoms with E-state index in [4.69, 9.17) is 14.6 Å². The van der Waals surface area contributed by atoms with Crippen LogP contribution in [0.5, 0.6) is 0 Å². The first kappa shape index (κ1) is 77.9. The highest BCUT2D eigenvalue weighted by atomic mass is 79.9. The standard InChI is InChI=1S/C87H45N.C22H21BO2.C7Br5N.CH4/c88-46-72-83(67-41-31-57-21-16-47-6-1-11-52-26-36-62(67)78(57)73(47)52)85(69-43-33-59-23-18-49-8-3-13-54-28-38-64(69)80(59)75(49)54)87(71-45-35-61-25-20-51-10-5-15-56-30-40-66(71)82(61)77(51)56)86(70-44-34-60-24-19-50-9-4-14-55-29-39-65(70)81(60)76(50)55)84(72)68-42-32-58-22-17-48-7-2-12-53-27-37-63(68)79(58)74(48)53;1-21(2)22(3,4)25-23(24-21)18-13-11-16-9-8-14-6-5-7-15-10-12-17(18)20(16)19(14)15;8-3-2(1-13)4(9)6(11)7(12)5(3)10;/h1-45H;5-13H,1-4H3;;1H4. The molecule has 0 bridgehead atoms. The first-order valence-electron chi connectivity index (χ1n) is 42.4. The summed E-state index contributed by atoms with van der Waals surface area (Å²) in [5, 5.41) is 65.9. The molecule has 26 aromatic carbocycles. The van der Waals surface area contributed by atoms with Gasteiger partial charge in [-0.1, -0.05) is 335 Å². The van der Waals surface area contributed by atoms with Gasteiger partial charge in [0.05, 0.1) is 31.3 Å². The predicted molar refractivity (Wildman–Crippen MR) is 559 cm³/mol. The third kappa shape index (κ3) is 11.3. The van der Waals surface area contributed by atoms with Crippen molar-refractivity contribution in [2.24, 2.45) is 0 Å². The van der Waals surface area contributed by atoms with Gasteiger partial charge < -0.3 is 9.31 Å². The topological polar surface area (TPSA) is 66.0 Å². The van der Waals surface area contributed by atoms with E-state index >= 15 is 0 Å². The second kappa shape index (κ2) is 28.9. The Kier molecular flexibility index (Phi) is 17.7. The van der Waals surface area contributed by atoms with Gasteiger partial charge >= 0.3 is 7.12 Å². The summed E-state index contributed by atoms with van der Waals surface area (Å²) in [7, 11) is -0.338. The molecule has 1 aliphatic heterocycles. The molecule has 127 heavy (non-hydrogen) atoms. The molecule has 4 nitrogen and oxygen atoms in total. The molecule has 0 unspecified atom stereocenters. The van der Waals surface area contributed by atoms with Crippen molar-refractivity contribution in [1.82, 2.24) is 0 Å². The van der Waals surface area contributed by atoms with Crippen LogP contribution in [0.15, 0.2) is 350 Å². The Balaban J connectivity index is 0.000000190. The number of nitriles is 2. The molecule has 1 fully saturated rings. The maximum absolute atomic E-state index is 13.2. The van der Waals surface area contributed by atoms with Crippen LogP contribution in [-0.4, -0.2) is 18.3 Å². The second-order valence-corrected chi connectivity index (χ2v) is 38.8. The minimum atomic E-state index is -0.338. The van der Waals surface area contributed by atoms with Crippen LogP contribution in [0.25, 0.3) is 250 Å². The van der Waals surface area contributed by atoms with Gasteiger partial charge in [0.2, 0.25) is 0 Å². The number of rotatable bonds is 6. The second-order valence-electron chi connectivity index (χ2n) is 34.9. The van der Waals surface area contributed by atoms with Gasteiger partial charge in [0, 0.05) is 24.5 Å². The molecule has 1 aliphatic rings. The highest BCUT2D eigenvalue weighted by Gasteiger charge is 2.52. The molecule has 26 aromatic rings. The number of hydrogen-bond donors (Lipinski definition) is 0. The molecule has 0 amide bonds. The fourth-order valence-corrected chi connectivity index (χ4v) is 24.8. The number of benzene rings is 26. The maximum Gasteiger partial charge on any atom is 0.495 e. The van der Waals surface area contributed by atoms with Crippen LogP contribution in [-0.2, 0) is 9.31 Å². The van der Waals surface area contributed by atoms with Gasteiger partial charge in [-0.25, -0.2) is 0 Å². The Bertz CT molecular complexity index is 8840. The summed E-state index contributed by atoms with van der Waals surface area (Å²) in [5.74, 6) is 0. The molecule has 0 spiro atoms. The molecule has 1 heterocycles. The quantitative estimate of drug-likeness (QED) is 0.0720. The third-order valence-corrected chi connectivity index (χ3v) is 34.1. The van der Waals surface area contributed by atoms with E-state index in [0.717, 1.165) is 105 Å². The van der Waals surface area contributed by atoms with Crippen molar-refractivity contribution in [2.75, 3.05) is 0 Å². The molecule has 598 valence electrons. The Morgan fingerprint density at radius 3 is 0.638 bits per heavy atom. The van der Waals surface area contributed by atoms with Gasteiger partial charge in [-0.2, -0.15) is 10.5 Å². The molecule has 1 saturated heterocycles. The zero-order valence-corrected chi connectivity index (χ0v) is 76.3.